The summed E-state index contributed by atoms with van der Waals surface area (Å²) in [7, 11) is 3.19. The Labute approximate surface area is 154 Å². The maximum Gasteiger partial charge on any atom is 0.433 e. The van der Waals surface area contributed by atoms with Crippen LogP contribution in [0.25, 0.3) is 6.08 Å². The number of carbonyl (C=O) groups excluding carboxylic acids is 1. The topological polar surface area (TPSA) is 57.3 Å². The van der Waals surface area contributed by atoms with Crippen LogP contribution in [-0.4, -0.2) is 31.5 Å². The lowest BCUT2D eigenvalue weighted by atomic mass is 10.1. The van der Waals surface area contributed by atoms with Gasteiger partial charge in [-0.3, -0.25) is 4.79 Å². The summed E-state index contributed by atoms with van der Waals surface area (Å²) < 4.78 is 38.5. The highest BCUT2D eigenvalue weighted by atomic mass is 19.4. The fourth-order valence-electron chi connectivity index (χ4n) is 2.84. The third-order valence-electron chi connectivity index (χ3n) is 4.12. The Hall–Kier alpha value is -3.03. The van der Waals surface area contributed by atoms with Crippen molar-refractivity contribution in [2.75, 3.05) is 36.2 Å². The molecule has 0 spiro atoms. The number of aromatic nitrogens is 1. The average Bonchev–Trinajstić information content (AvgIpc) is 3.06. The summed E-state index contributed by atoms with van der Waals surface area (Å²) in [4.78, 5) is 17.3. The molecule has 2 heterocycles. The minimum Gasteiger partial charge on any atom is -0.384 e. The quantitative estimate of drug-likeness (QED) is 0.798. The minimum absolute atomic E-state index is 0.137. The first-order valence-corrected chi connectivity index (χ1v) is 8.35. The number of carbonyl (C=O) groups is 1. The normalized spacial score (nSPS) is 13.4. The highest BCUT2D eigenvalue weighted by molar-refractivity contribution is 6.02. The largest absolute Gasteiger partial charge is 0.433 e. The molecule has 0 saturated carbocycles. The highest BCUT2D eigenvalue weighted by Gasteiger charge is 2.33. The summed E-state index contributed by atoms with van der Waals surface area (Å²) in [5.41, 5.74) is 2.32. The van der Waals surface area contributed by atoms with E-state index in [4.69, 9.17) is 0 Å². The van der Waals surface area contributed by atoms with E-state index in [2.05, 4.69) is 15.6 Å². The van der Waals surface area contributed by atoms with Crippen molar-refractivity contribution in [3.05, 3.63) is 53.2 Å². The van der Waals surface area contributed by atoms with Crippen LogP contribution < -0.4 is 15.5 Å². The number of fused-ring (bicyclic) bond motifs is 1. The lowest BCUT2D eigenvalue weighted by Gasteiger charge is -2.16. The van der Waals surface area contributed by atoms with E-state index in [9.17, 15) is 18.0 Å². The molecule has 1 aliphatic heterocycles. The van der Waals surface area contributed by atoms with Gasteiger partial charge in [-0.1, -0.05) is 0 Å². The molecular formula is C19H19F3N4O. The van der Waals surface area contributed by atoms with Crippen LogP contribution in [0, 0.1) is 0 Å². The molecule has 0 atom stereocenters. The molecule has 5 nitrogen and oxygen atoms in total. The SMILES string of the molecule is CN(C)c1nc(C(F)(F)F)ccc1/C=C/C(=O)Nc1ccc2c(c1)CCN2. The molecule has 0 fully saturated rings. The zero-order valence-electron chi connectivity index (χ0n) is 14.9. The molecule has 3 rings (SSSR count). The second kappa shape index (κ2) is 7.30. The number of hydrogen-bond donors (Lipinski definition) is 2. The molecular weight excluding hydrogens is 357 g/mol. The van der Waals surface area contributed by atoms with Gasteiger partial charge in [-0.15, -0.1) is 0 Å². The molecule has 0 bridgehead atoms. The average molecular weight is 376 g/mol. The predicted molar refractivity (Wildman–Crippen MR) is 99.9 cm³/mol. The molecule has 1 aliphatic rings. The number of benzene rings is 1. The van der Waals surface area contributed by atoms with E-state index >= 15 is 0 Å². The van der Waals surface area contributed by atoms with E-state index in [1.54, 1.807) is 20.2 Å². The summed E-state index contributed by atoms with van der Waals surface area (Å²) in [6, 6.07) is 7.82. The molecule has 0 radical (unpaired) electrons. The number of alkyl halides is 3. The van der Waals surface area contributed by atoms with Crippen LogP contribution in [0.1, 0.15) is 16.8 Å². The van der Waals surface area contributed by atoms with Gasteiger partial charge in [0.1, 0.15) is 11.5 Å². The van der Waals surface area contributed by atoms with Gasteiger partial charge in [-0.2, -0.15) is 13.2 Å². The molecule has 1 aromatic carbocycles. The Bertz CT molecular complexity index is 891. The first-order chi connectivity index (χ1) is 12.7. The second-order valence-electron chi connectivity index (χ2n) is 6.37. The van der Waals surface area contributed by atoms with Gasteiger partial charge in [-0.25, -0.2) is 4.98 Å². The molecule has 2 aromatic rings. The van der Waals surface area contributed by atoms with Gasteiger partial charge in [0.15, 0.2) is 0 Å². The molecule has 1 aromatic heterocycles. The van der Waals surface area contributed by atoms with E-state index in [0.717, 1.165) is 30.3 Å². The Morgan fingerprint density at radius 1 is 1.26 bits per heavy atom. The molecule has 0 saturated heterocycles. The number of amides is 1. The summed E-state index contributed by atoms with van der Waals surface area (Å²) >= 11 is 0. The summed E-state index contributed by atoms with van der Waals surface area (Å²) in [5.74, 6) is -0.233. The number of nitrogens with zero attached hydrogens (tertiary/aromatic N) is 2. The van der Waals surface area contributed by atoms with Crippen molar-refractivity contribution in [3.8, 4) is 0 Å². The van der Waals surface area contributed by atoms with Crippen molar-refractivity contribution < 1.29 is 18.0 Å². The zero-order chi connectivity index (χ0) is 19.6. The number of pyridine rings is 1. The van der Waals surface area contributed by atoms with Crippen LogP contribution in [0.4, 0.5) is 30.4 Å². The van der Waals surface area contributed by atoms with Crippen molar-refractivity contribution in [1.82, 2.24) is 4.98 Å². The molecule has 1 amide bonds. The highest BCUT2D eigenvalue weighted by Crippen LogP contribution is 2.30. The Morgan fingerprint density at radius 3 is 2.74 bits per heavy atom. The second-order valence-corrected chi connectivity index (χ2v) is 6.37. The fraction of sp³-hybridized carbons (Fsp3) is 0.263. The third kappa shape index (κ3) is 4.39. The Morgan fingerprint density at radius 2 is 2.04 bits per heavy atom. The van der Waals surface area contributed by atoms with Crippen molar-refractivity contribution in [2.24, 2.45) is 0 Å². The number of nitrogens with one attached hydrogen (secondary N) is 2. The number of halogens is 3. The van der Waals surface area contributed by atoms with Gasteiger partial charge < -0.3 is 15.5 Å². The number of rotatable bonds is 4. The third-order valence-corrected chi connectivity index (χ3v) is 4.12. The molecule has 0 unspecified atom stereocenters. The monoisotopic (exact) mass is 376 g/mol. The van der Waals surface area contributed by atoms with E-state index in [1.165, 1.54) is 23.1 Å². The van der Waals surface area contributed by atoms with Gasteiger partial charge >= 0.3 is 6.18 Å². The van der Waals surface area contributed by atoms with Gasteiger partial charge in [0.05, 0.1) is 0 Å². The van der Waals surface area contributed by atoms with E-state index < -0.39 is 11.9 Å². The molecule has 142 valence electrons. The molecule has 0 aliphatic carbocycles. The maximum atomic E-state index is 12.8. The van der Waals surface area contributed by atoms with Crippen molar-refractivity contribution >= 4 is 29.2 Å². The van der Waals surface area contributed by atoms with E-state index in [0.29, 0.717) is 11.3 Å². The smallest absolute Gasteiger partial charge is 0.384 e. The van der Waals surface area contributed by atoms with Gasteiger partial charge in [0.25, 0.3) is 0 Å². The predicted octanol–water partition coefficient (Wildman–Crippen LogP) is 3.79. The van der Waals surface area contributed by atoms with Crippen LogP contribution >= 0.6 is 0 Å². The lowest BCUT2D eigenvalue weighted by Crippen LogP contribution is -2.16. The Balaban J connectivity index is 1.75. The first-order valence-electron chi connectivity index (χ1n) is 8.35. The zero-order valence-corrected chi connectivity index (χ0v) is 14.9. The standard InChI is InChI=1S/C19H19F3N4O/c1-26(2)18-12(3-7-16(25-18)19(20,21)22)4-8-17(27)24-14-5-6-15-13(11-14)9-10-23-15/h3-8,11,23H,9-10H2,1-2H3,(H,24,27)/b8-4+. The van der Waals surface area contributed by atoms with Gasteiger partial charge in [-0.05, 0) is 48.4 Å². The van der Waals surface area contributed by atoms with Gasteiger partial charge in [0.2, 0.25) is 5.91 Å². The van der Waals surface area contributed by atoms with Crippen molar-refractivity contribution in [1.29, 1.82) is 0 Å². The minimum atomic E-state index is -4.52. The summed E-state index contributed by atoms with van der Waals surface area (Å²) in [6.45, 7) is 0.876. The number of hydrogen-bond acceptors (Lipinski definition) is 4. The van der Waals surface area contributed by atoms with Crippen molar-refractivity contribution in [2.45, 2.75) is 12.6 Å². The summed E-state index contributed by atoms with van der Waals surface area (Å²) in [5, 5.41) is 6.00. The fourth-order valence-corrected chi connectivity index (χ4v) is 2.84. The van der Waals surface area contributed by atoms with Crippen LogP contribution in [0.5, 0.6) is 0 Å². The van der Waals surface area contributed by atoms with Crippen LogP contribution in [0.3, 0.4) is 0 Å². The van der Waals surface area contributed by atoms with E-state index in [-0.39, 0.29) is 11.7 Å². The molecule has 27 heavy (non-hydrogen) atoms. The Kier molecular flexibility index (Phi) is 5.07. The van der Waals surface area contributed by atoms with Gasteiger partial charge in [0, 0.05) is 43.7 Å². The summed E-state index contributed by atoms with van der Waals surface area (Å²) in [6.07, 6.45) is -0.888. The molecule has 2 N–H and O–H groups in total. The number of anilines is 3. The van der Waals surface area contributed by atoms with Crippen LogP contribution in [0.2, 0.25) is 0 Å². The lowest BCUT2D eigenvalue weighted by molar-refractivity contribution is -0.141. The van der Waals surface area contributed by atoms with Crippen molar-refractivity contribution in [3.63, 3.8) is 0 Å². The van der Waals surface area contributed by atoms with Crippen LogP contribution in [-0.2, 0) is 17.4 Å². The molecule has 8 heteroatoms. The van der Waals surface area contributed by atoms with E-state index in [1.807, 2.05) is 12.1 Å². The van der Waals surface area contributed by atoms with Crippen LogP contribution in [0.15, 0.2) is 36.4 Å². The first kappa shape index (κ1) is 18.8. The maximum absolute atomic E-state index is 12.8.